The smallest absolute Gasteiger partial charge is 0.550 e. The van der Waals surface area contributed by atoms with Crippen LogP contribution in [-0.2, 0) is 28.7 Å². The Morgan fingerprint density at radius 3 is 1.24 bits per heavy atom. The molecule has 0 aliphatic heterocycles. The molecular formula is C14H14CaO8S2. The van der Waals surface area contributed by atoms with E-state index in [-0.39, 0.29) is 73.5 Å². The molecule has 0 atom stereocenters. The van der Waals surface area contributed by atoms with E-state index in [2.05, 4.69) is 47.1 Å². The largest absolute Gasteiger partial charge is 2.00 e. The number of carboxylic acids is 2. The van der Waals surface area contributed by atoms with Gasteiger partial charge in [-0.3, -0.25) is 0 Å². The second kappa shape index (κ2) is 17.6. The Hall–Kier alpha value is -1.20. The van der Waals surface area contributed by atoms with Crippen LogP contribution in [0.5, 0.6) is 0 Å². The summed E-state index contributed by atoms with van der Waals surface area (Å²) in [7, 11) is 0. The van der Waals surface area contributed by atoms with Crippen molar-refractivity contribution in [1.29, 1.82) is 0 Å². The maximum absolute atomic E-state index is 10.5. The van der Waals surface area contributed by atoms with Gasteiger partial charge in [-0.2, -0.15) is 0 Å². The van der Waals surface area contributed by atoms with E-state index < -0.39 is 23.9 Å². The molecule has 0 saturated heterocycles. The van der Waals surface area contributed by atoms with Crippen LogP contribution in [0.1, 0.15) is 25.7 Å². The van der Waals surface area contributed by atoms with Gasteiger partial charge in [0.1, 0.15) is 0 Å². The summed E-state index contributed by atoms with van der Waals surface area (Å²) >= 11 is 9.07. The SMILES string of the molecule is C=CC(=O)OC(=S)CCC(=O)[O-].C=CC(=O)OC(=S)CCC(=O)[O-].[Ca+2]. The molecule has 132 valence electrons. The second-order valence-electron chi connectivity index (χ2n) is 3.74. The van der Waals surface area contributed by atoms with Crippen molar-refractivity contribution in [2.75, 3.05) is 0 Å². The zero-order chi connectivity index (χ0) is 19.1. The molecule has 0 saturated carbocycles. The number of carboxylic acid groups (broad SMARTS) is 2. The number of hydrogen-bond donors (Lipinski definition) is 0. The minimum atomic E-state index is -1.23. The van der Waals surface area contributed by atoms with Crippen LogP contribution >= 0.6 is 24.4 Å². The average Bonchev–Trinajstić information content (AvgIpc) is 2.51. The fourth-order valence-corrected chi connectivity index (χ4v) is 1.19. The van der Waals surface area contributed by atoms with Gasteiger partial charge >= 0.3 is 49.7 Å². The summed E-state index contributed by atoms with van der Waals surface area (Å²) < 4.78 is 8.87. The van der Waals surface area contributed by atoms with Crippen LogP contribution in [0.2, 0.25) is 0 Å². The molecule has 0 aromatic rings. The molecule has 0 bridgehead atoms. The number of ether oxygens (including phenoxy) is 2. The standard InChI is InChI=1S/2C7H8O4S.Ca/c2*1-2-6(10)11-7(12)4-3-5(8)9;/h2*2H,1,3-4H2,(H,8,9);/q;;+2/p-2. The van der Waals surface area contributed by atoms with E-state index in [1.54, 1.807) is 0 Å². The van der Waals surface area contributed by atoms with Crippen molar-refractivity contribution in [3.63, 3.8) is 0 Å². The summed E-state index contributed by atoms with van der Waals surface area (Å²) in [5, 5.41) is 19.7. The number of esters is 2. The first-order valence-electron chi connectivity index (χ1n) is 6.26. The third kappa shape index (κ3) is 22.8. The summed E-state index contributed by atoms with van der Waals surface area (Å²) in [5.74, 6) is -3.82. The Morgan fingerprint density at radius 1 is 0.760 bits per heavy atom. The number of hydrogen-bond acceptors (Lipinski definition) is 10. The van der Waals surface area contributed by atoms with E-state index in [1.807, 2.05) is 0 Å². The predicted molar refractivity (Wildman–Crippen MR) is 92.0 cm³/mol. The number of thiocarbonyl (C=S) groups is 2. The first kappa shape index (κ1) is 28.6. The van der Waals surface area contributed by atoms with Crippen LogP contribution in [0, 0.1) is 0 Å². The monoisotopic (exact) mass is 414 g/mol. The van der Waals surface area contributed by atoms with Crippen LogP contribution < -0.4 is 10.2 Å². The van der Waals surface area contributed by atoms with Gasteiger partial charge in [0.2, 0.25) is 0 Å². The van der Waals surface area contributed by atoms with Crippen LogP contribution in [0.15, 0.2) is 25.3 Å². The summed E-state index contributed by atoms with van der Waals surface area (Å²) in [6, 6.07) is 0. The average molecular weight is 414 g/mol. The second-order valence-corrected chi connectivity index (χ2v) is 4.65. The molecule has 8 nitrogen and oxygen atoms in total. The van der Waals surface area contributed by atoms with Gasteiger partial charge in [0.05, 0.1) is 0 Å². The minimum absolute atomic E-state index is 0. The molecule has 25 heavy (non-hydrogen) atoms. The van der Waals surface area contributed by atoms with Crippen LogP contribution in [-0.4, -0.2) is 71.7 Å². The van der Waals surface area contributed by atoms with Gasteiger partial charge in [0.15, 0.2) is 10.1 Å². The van der Waals surface area contributed by atoms with Gasteiger partial charge in [0, 0.05) is 36.9 Å². The van der Waals surface area contributed by atoms with E-state index in [1.165, 1.54) is 0 Å². The van der Waals surface area contributed by atoms with Gasteiger partial charge in [-0.15, -0.1) is 0 Å². The van der Waals surface area contributed by atoms with Crippen molar-refractivity contribution in [1.82, 2.24) is 0 Å². The van der Waals surface area contributed by atoms with E-state index in [9.17, 15) is 29.4 Å². The molecular weight excluding hydrogens is 400 g/mol. The van der Waals surface area contributed by atoms with Gasteiger partial charge in [0.25, 0.3) is 0 Å². The molecule has 0 radical (unpaired) electrons. The zero-order valence-corrected chi connectivity index (χ0v) is 17.0. The predicted octanol–water partition coefficient (Wildman–Crippen LogP) is -1.23. The molecule has 11 heteroatoms. The third-order valence-electron chi connectivity index (χ3n) is 1.83. The Morgan fingerprint density at radius 2 is 1.04 bits per heavy atom. The van der Waals surface area contributed by atoms with E-state index in [0.29, 0.717) is 0 Å². The van der Waals surface area contributed by atoms with Gasteiger partial charge < -0.3 is 29.3 Å². The van der Waals surface area contributed by atoms with Gasteiger partial charge in [-0.25, -0.2) is 9.59 Å². The van der Waals surface area contributed by atoms with E-state index in [4.69, 9.17) is 0 Å². The summed E-state index contributed by atoms with van der Waals surface area (Å²) in [4.78, 5) is 40.8. The molecule has 0 aromatic carbocycles. The first-order valence-corrected chi connectivity index (χ1v) is 7.07. The molecule has 0 rings (SSSR count). The minimum Gasteiger partial charge on any atom is -0.550 e. The topological polar surface area (TPSA) is 133 Å². The molecule has 0 N–H and O–H groups in total. The van der Waals surface area contributed by atoms with Crippen molar-refractivity contribution in [2.24, 2.45) is 0 Å². The molecule has 0 amide bonds. The van der Waals surface area contributed by atoms with Gasteiger partial charge in [-0.05, 0) is 37.3 Å². The van der Waals surface area contributed by atoms with E-state index in [0.717, 1.165) is 12.2 Å². The Balaban J connectivity index is -0.000000372. The summed E-state index contributed by atoms with van der Waals surface area (Å²) in [5.41, 5.74) is 0. The van der Waals surface area contributed by atoms with Gasteiger partial charge in [-0.1, -0.05) is 13.2 Å². The van der Waals surface area contributed by atoms with Crippen LogP contribution in [0.4, 0.5) is 0 Å². The maximum atomic E-state index is 10.5. The van der Waals surface area contributed by atoms with Crippen molar-refractivity contribution in [2.45, 2.75) is 25.7 Å². The molecule has 0 fully saturated rings. The fourth-order valence-electron chi connectivity index (χ4n) is 0.818. The quantitative estimate of drug-likeness (QED) is 0.206. The number of rotatable bonds is 8. The first-order chi connectivity index (χ1) is 11.1. The molecule has 0 unspecified atom stereocenters. The Kier molecular flexibility index (Phi) is 20.2. The number of carbonyl (C=O) groups excluding carboxylic acids is 4. The molecule has 0 heterocycles. The van der Waals surface area contributed by atoms with Crippen molar-refractivity contribution in [3.05, 3.63) is 25.3 Å². The van der Waals surface area contributed by atoms with E-state index >= 15 is 0 Å². The molecule has 0 spiro atoms. The summed E-state index contributed by atoms with van der Waals surface area (Å²) in [6.45, 7) is 6.29. The van der Waals surface area contributed by atoms with Crippen molar-refractivity contribution in [3.8, 4) is 0 Å². The number of aliphatic carboxylic acids is 2. The summed E-state index contributed by atoms with van der Waals surface area (Å²) in [6.07, 6.45) is 1.40. The third-order valence-corrected chi connectivity index (χ3v) is 2.40. The zero-order valence-electron chi connectivity index (χ0n) is 13.2. The number of carbonyl (C=O) groups is 4. The van der Waals surface area contributed by atoms with Crippen molar-refractivity contribution >= 4 is 96.2 Å². The molecule has 0 aromatic heterocycles. The molecule has 0 aliphatic rings. The molecule has 0 aliphatic carbocycles. The maximum Gasteiger partial charge on any atom is 2.00 e. The fraction of sp³-hybridized carbons (Fsp3) is 0.286. The van der Waals surface area contributed by atoms with Crippen molar-refractivity contribution < 1.29 is 38.9 Å². The van der Waals surface area contributed by atoms with Crippen LogP contribution in [0.3, 0.4) is 0 Å². The Bertz CT molecular complexity index is 497. The normalized spacial score (nSPS) is 8.32. The Labute approximate surface area is 184 Å². The van der Waals surface area contributed by atoms with Crippen LogP contribution in [0.25, 0.3) is 0 Å².